The Labute approximate surface area is 124 Å². The van der Waals surface area contributed by atoms with Crippen LogP contribution in [0, 0.1) is 32.2 Å². The molecular formula is C15H18N3O3. The monoisotopic (exact) mass is 288 g/mol. The van der Waals surface area contributed by atoms with Crippen molar-refractivity contribution in [3.05, 3.63) is 44.6 Å². The minimum absolute atomic E-state index is 0.0839. The predicted molar refractivity (Wildman–Crippen MR) is 78.4 cm³/mol. The van der Waals surface area contributed by atoms with Gasteiger partial charge in [0, 0.05) is 0 Å². The van der Waals surface area contributed by atoms with Crippen molar-refractivity contribution in [1.82, 2.24) is 9.80 Å². The molecule has 0 aromatic heterocycles. The Balaban J connectivity index is 2.14. The molecule has 1 aromatic carbocycles. The van der Waals surface area contributed by atoms with Crippen LogP contribution in [0.5, 0.6) is 0 Å². The Morgan fingerprint density at radius 1 is 1.29 bits per heavy atom. The highest BCUT2D eigenvalue weighted by Gasteiger charge is 2.36. The van der Waals surface area contributed by atoms with Crippen LogP contribution in [0.1, 0.15) is 28.4 Å². The third-order valence-corrected chi connectivity index (χ3v) is 3.70. The normalized spacial score (nSPS) is 15.9. The molecule has 6 heteroatoms. The number of carbonyl (C=O) groups excluding carboxylic acids is 1. The summed E-state index contributed by atoms with van der Waals surface area (Å²) >= 11 is 0. The van der Waals surface area contributed by atoms with Gasteiger partial charge < -0.3 is 5.21 Å². The van der Waals surface area contributed by atoms with Gasteiger partial charge in [-0.1, -0.05) is 17.7 Å². The lowest BCUT2D eigenvalue weighted by Crippen LogP contribution is -2.32. The molecule has 111 valence electrons. The van der Waals surface area contributed by atoms with Crippen LogP contribution in [-0.2, 0) is 5.11 Å². The second kappa shape index (κ2) is 6.02. The number of aryl methyl sites for hydroxylation is 3. The van der Waals surface area contributed by atoms with Crippen molar-refractivity contribution in [1.29, 1.82) is 0 Å². The van der Waals surface area contributed by atoms with Gasteiger partial charge in [-0.15, -0.1) is 4.90 Å². The minimum Gasteiger partial charge on any atom is -0.611 e. The first-order valence-electron chi connectivity index (χ1n) is 6.82. The number of nitrogens with zero attached hydrogens (tertiary/aromatic N) is 3. The van der Waals surface area contributed by atoms with E-state index >= 15 is 0 Å². The molecule has 6 nitrogen and oxygen atoms in total. The van der Waals surface area contributed by atoms with Gasteiger partial charge in [-0.25, -0.2) is 9.90 Å². The fourth-order valence-corrected chi connectivity index (χ4v) is 2.88. The molecule has 0 N–H and O–H groups in total. The number of amides is 2. The maximum Gasteiger partial charge on any atom is 0.420 e. The highest BCUT2D eigenvalue weighted by atomic mass is 16.4. The highest BCUT2D eigenvalue weighted by molar-refractivity contribution is 5.78. The zero-order chi connectivity index (χ0) is 15.6. The van der Waals surface area contributed by atoms with Crippen molar-refractivity contribution >= 4 is 6.03 Å². The van der Waals surface area contributed by atoms with Crippen LogP contribution >= 0.6 is 0 Å². The summed E-state index contributed by atoms with van der Waals surface area (Å²) < 4.78 is 0. The Morgan fingerprint density at radius 2 is 1.90 bits per heavy atom. The lowest BCUT2D eigenvalue weighted by molar-refractivity contribution is 0.0627. The Bertz CT molecular complexity index is 595. The first-order valence-corrected chi connectivity index (χ1v) is 6.82. The fourth-order valence-electron chi connectivity index (χ4n) is 2.88. The molecule has 0 aliphatic carbocycles. The molecule has 21 heavy (non-hydrogen) atoms. The first-order chi connectivity index (χ1) is 9.93. The number of carbonyl (C=O) groups is 1. The van der Waals surface area contributed by atoms with Crippen molar-refractivity contribution in [2.45, 2.75) is 26.9 Å². The Morgan fingerprint density at radius 3 is 2.48 bits per heavy atom. The maximum atomic E-state index is 12.5. The van der Waals surface area contributed by atoms with Crippen LogP contribution in [0.3, 0.4) is 0 Å². The molecule has 1 heterocycles. The van der Waals surface area contributed by atoms with E-state index in [4.69, 9.17) is 0 Å². The molecular weight excluding hydrogens is 270 g/mol. The average molecular weight is 288 g/mol. The zero-order valence-corrected chi connectivity index (χ0v) is 12.4. The molecule has 0 spiro atoms. The summed E-state index contributed by atoms with van der Waals surface area (Å²) in [5.41, 5.74) is 3.76. The van der Waals surface area contributed by atoms with Crippen molar-refractivity contribution < 1.29 is 9.90 Å². The molecule has 1 radical (unpaired) electrons. The molecule has 2 rings (SSSR count). The van der Waals surface area contributed by atoms with Gasteiger partial charge >= 0.3 is 12.2 Å². The van der Waals surface area contributed by atoms with Crippen LogP contribution in [0.2, 0.25) is 0 Å². The average Bonchev–Trinajstić information content (AvgIpc) is 2.71. The van der Waals surface area contributed by atoms with Crippen LogP contribution in [-0.4, -0.2) is 35.5 Å². The van der Waals surface area contributed by atoms with Crippen LogP contribution in [0.25, 0.3) is 5.01 Å². The van der Waals surface area contributed by atoms with Crippen molar-refractivity contribution in [3.8, 4) is 6.19 Å². The highest BCUT2D eigenvalue weighted by Crippen LogP contribution is 2.25. The largest absolute Gasteiger partial charge is 0.611 e. The van der Waals surface area contributed by atoms with Gasteiger partial charge in [-0.2, -0.15) is 5.01 Å². The van der Waals surface area contributed by atoms with E-state index in [2.05, 4.69) is 11.2 Å². The van der Waals surface area contributed by atoms with E-state index in [0.29, 0.717) is 13.1 Å². The van der Waals surface area contributed by atoms with Crippen LogP contribution in [0.4, 0.5) is 4.79 Å². The Kier molecular flexibility index (Phi) is 4.34. The molecule has 0 saturated carbocycles. The van der Waals surface area contributed by atoms with Crippen molar-refractivity contribution in [3.63, 3.8) is 0 Å². The van der Waals surface area contributed by atoms with Crippen LogP contribution < -0.4 is 0 Å². The molecule has 1 aliphatic rings. The van der Waals surface area contributed by atoms with Gasteiger partial charge in [0.2, 0.25) is 0 Å². The fraction of sp³-hybridized carbons (Fsp3) is 0.467. The molecule has 1 saturated heterocycles. The number of rotatable bonds is 3. The number of hydrogen-bond acceptors (Lipinski definition) is 2. The summed E-state index contributed by atoms with van der Waals surface area (Å²) in [7, 11) is 0. The van der Waals surface area contributed by atoms with Gasteiger partial charge in [-0.3, -0.25) is 4.90 Å². The molecule has 2 amide bonds. The second-order valence-corrected chi connectivity index (χ2v) is 5.37. The van der Waals surface area contributed by atoms with E-state index in [1.165, 1.54) is 4.90 Å². The molecule has 1 fully saturated rings. The summed E-state index contributed by atoms with van der Waals surface area (Å²) in [5, 5.41) is 25.1. The number of benzene rings is 1. The van der Waals surface area contributed by atoms with E-state index in [0.717, 1.165) is 27.2 Å². The summed E-state index contributed by atoms with van der Waals surface area (Å²) in [6.07, 6.45) is 1.08. The van der Waals surface area contributed by atoms with E-state index in [1.54, 1.807) is 0 Å². The van der Waals surface area contributed by atoms with Crippen molar-refractivity contribution in [2.75, 3.05) is 19.6 Å². The smallest absolute Gasteiger partial charge is 0.420 e. The van der Waals surface area contributed by atoms with Crippen LogP contribution in [0.15, 0.2) is 12.1 Å². The number of hydrogen-bond donors (Lipinski definition) is 0. The molecule has 1 aromatic rings. The molecule has 1 unspecified atom stereocenters. The zero-order valence-electron chi connectivity index (χ0n) is 12.4. The summed E-state index contributed by atoms with van der Waals surface area (Å²) in [4.78, 5) is 14.5. The maximum absolute atomic E-state index is 12.5. The molecule has 0 bridgehead atoms. The van der Waals surface area contributed by atoms with Gasteiger partial charge in [-0.05, 0) is 37.5 Å². The standard InChI is InChI=1S/C15H18N3O3/c1-10-6-11(2)14(12(3)7-10)13(19)8-17-4-5-18(9-16-21)15(17)20/h6-7,13H,4-5,8H2,1-3H3. The summed E-state index contributed by atoms with van der Waals surface area (Å²) in [6, 6.07) is 3.56. The third kappa shape index (κ3) is 3.09. The number of urea groups is 1. The predicted octanol–water partition coefficient (Wildman–Crippen LogP) is 2.61. The van der Waals surface area contributed by atoms with Crippen molar-refractivity contribution in [2.24, 2.45) is 0 Å². The van der Waals surface area contributed by atoms with Gasteiger partial charge in [0.05, 0.1) is 13.1 Å². The minimum atomic E-state index is -1.00. The van der Waals surface area contributed by atoms with Gasteiger partial charge in [0.25, 0.3) is 0 Å². The van der Waals surface area contributed by atoms with E-state index in [-0.39, 0.29) is 6.54 Å². The lowest BCUT2D eigenvalue weighted by atomic mass is 9.95. The van der Waals surface area contributed by atoms with E-state index in [1.807, 2.05) is 32.9 Å². The summed E-state index contributed by atoms with van der Waals surface area (Å²) in [5.74, 6) is 0. The first kappa shape index (κ1) is 15.1. The topological polar surface area (TPSA) is 70.9 Å². The molecule has 1 aliphatic heterocycles. The quantitative estimate of drug-likeness (QED) is 0.633. The van der Waals surface area contributed by atoms with Gasteiger partial charge in [0.1, 0.15) is 12.6 Å². The SMILES string of the molecule is Cc1cc(C)c(C([O])CN2CCN(C#[N+][O-])C2=O)c(C)c1. The van der Waals surface area contributed by atoms with E-state index < -0.39 is 12.1 Å². The second-order valence-electron chi connectivity index (χ2n) is 5.37. The Hall–Kier alpha value is -2.26. The van der Waals surface area contributed by atoms with E-state index in [9.17, 15) is 15.1 Å². The lowest BCUT2D eigenvalue weighted by Gasteiger charge is -2.20. The summed E-state index contributed by atoms with van der Waals surface area (Å²) in [6.45, 7) is 6.64. The molecule has 1 atom stereocenters. The third-order valence-electron chi connectivity index (χ3n) is 3.70. The van der Waals surface area contributed by atoms with Gasteiger partial charge in [0.15, 0.2) is 0 Å².